The van der Waals surface area contributed by atoms with Gasteiger partial charge < -0.3 is 10.6 Å². The van der Waals surface area contributed by atoms with E-state index in [1.807, 2.05) is 24.3 Å². The summed E-state index contributed by atoms with van der Waals surface area (Å²) in [6.07, 6.45) is 0. The average molecular weight is 370 g/mol. The van der Waals surface area contributed by atoms with Crippen LogP contribution in [-0.4, -0.2) is 35.9 Å². The average Bonchev–Trinajstić information content (AvgIpc) is 2.66. The van der Waals surface area contributed by atoms with E-state index < -0.39 is 4.92 Å². The van der Waals surface area contributed by atoms with Gasteiger partial charge in [-0.15, -0.1) is 0 Å². The number of anilines is 1. The summed E-state index contributed by atoms with van der Waals surface area (Å²) in [6, 6.07) is 12.6. The Balaban J connectivity index is 2.17. The van der Waals surface area contributed by atoms with E-state index in [0.29, 0.717) is 18.3 Å². The zero-order chi connectivity index (χ0) is 20.0. The van der Waals surface area contributed by atoms with E-state index in [2.05, 4.69) is 36.4 Å². The van der Waals surface area contributed by atoms with Crippen molar-refractivity contribution in [3.8, 4) is 0 Å². The van der Waals surface area contributed by atoms with E-state index in [-0.39, 0.29) is 17.2 Å². The molecule has 0 aliphatic heterocycles. The molecule has 0 aliphatic carbocycles. The number of hydrogen-bond acceptors (Lipinski definition) is 5. The highest BCUT2D eigenvalue weighted by Gasteiger charge is 2.16. The third-order valence-corrected chi connectivity index (χ3v) is 4.59. The molecule has 0 atom stereocenters. The maximum absolute atomic E-state index is 12.6. The minimum Gasteiger partial charge on any atom is -0.387 e. The second-order valence-electron chi connectivity index (χ2n) is 6.70. The Bertz CT molecular complexity index is 821. The predicted octanol–water partition coefficient (Wildman–Crippen LogP) is 3.41. The van der Waals surface area contributed by atoms with Crippen molar-refractivity contribution in [1.29, 1.82) is 0 Å². The van der Waals surface area contributed by atoms with Crippen LogP contribution in [0.15, 0.2) is 42.5 Å². The van der Waals surface area contributed by atoms with Crippen molar-refractivity contribution in [3.63, 3.8) is 0 Å². The van der Waals surface area contributed by atoms with Crippen LogP contribution >= 0.6 is 0 Å². The van der Waals surface area contributed by atoms with Gasteiger partial charge in [-0.05, 0) is 38.1 Å². The maximum atomic E-state index is 12.6. The molecule has 0 radical (unpaired) electrons. The minimum absolute atomic E-state index is 0.113. The van der Waals surface area contributed by atoms with Gasteiger partial charge in [0.25, 0.3) is 11.6 Å². The molecule has 0 bridgehead atoms. The summed E-state index contributed by atoms with van der Waals surface area (Å²) in [7, 11) is 3.73. The van der Waals surface area contributed by atoms with Crippen LogP contribution in [0.25, 0.3) is 0 Å². The van der Waals surface area contributed by atoms with Crippen molar-refractivity contribution in [1.82, 2.24) is 10.2 Å². The lowest BCUT2D eigenvalue weighted by molar-refractivity contribution is -0.384. The van der Waals surface area contributed by atoms with Crippen LogP contribution in [0.2, 0.25) is 0 Å². The van der Waals surface area contributed by atoms with Gasteiger partial charge in [-0.25, -0.2) is 0 Å². The Kier molecular flexibility index (Phi) is 6.90. The monoisotopic (exact) mass is 370 g/mol. The predicted molar refractivity (Wildman–Crippen MR) is 107 cm³/mol. The van der Waals surface area contributed by atoms with E-state index in [1.165, 1.54) is 12.1 Å². The Morgan fingerprint density at radius 2 is 1.85 bits per heavy atom. The molecule has 1 amide bonds. The molecule has 2 rings (SSSR count). The van der Waals surface area contributed by atoms with Gasteiger partial charge in [0.05, 0.1) is 10.5 Å². The molecule has 0 heterocycles. The second-order valence-corrected chi connectivity index (χ2v) is 6.70. The molecular weight excluding hydrogens is 344 g/mol. The molecule has 0 fully saturated rings. The SMILES string of the molecule is CNc1ccc([N+](=O)[O-])cc1C(=O)NCc1ccccc1CN(C)C(C)C. The minimum atomic E-state index is -0.507. The molecule has 0 aromatic heterocycles. The molecule has 0 saturated heterocycles. The fraction of sp³-hybridized carbons (Fsp3) is 0.350. The molecule has 0 aliphatic rings. The molecule has 2 aromatic rings. The number of benzene rings is 2. The molecule has 0 spiro atoms. The fourth-order valence-electron chi connectivity index (χ4n) is 2.66. The van der Waals surface area contributed by atoms with Crippen molar-refractivity contribution >= 4 is 17.3 Å². The van der Waals surface area contributed by atoms with E-state index >= 15 is 0 Å². The molecule has 2 N–H and O–H groups in total. The number of amides is 1. The van der Waals surface area contributed by atoms with Crippen LogP contribution in [0.5, 0.6) is 0 Å². The topological polar surface area (TPSA) is 87.5 Å². The highest BCUT2D eigenvalue weighted by Crippen LogP contribution is 2.22. The lowest BCUT2D eigenvalue weighted by Crippen LogP contribution is -2.28. The van der Waals surface area contributed by atoms with Crippen LogP contribution in [0.1, 0.15) is 35.3 Å². The Morgan fingerprint density at radius 1 is 1.19 bits per heavy atom. The van der Waals surface area contributed by atoms with Gasteiger partial charge in [-0.3, -0.25) is 19.8 Å². The zero-order valence-corrected chi connectivity index (χ0v) is 16.2. The van der Waals surface area contributed by atoms with E-state index in [9.17, 15) is 14.9 Å². The Morgan fingerprint density at radius 3 is 2.44 bits per heavy atom. The molecule has 0 saturated carbocycles. The van der Waals surface area contributed by atoms with Crippen molar-refractivity contribution in [2.24, 2.45) is 0 Å². The lowest BCUT2D eigenvalue weighted by atomic mass is 10.1. The van der Waals surface area contributed by atoms with Crippen molar-refractivity contribution < 1.29 is 9.72 Å². The molecule has 144 valence electrons. The first-order chi connectivity index (χ1) is 12.8. The fourth-order valence-corrected chi connectivity index (χ4v) is 2.66. The van der Waals surface area contributed by atoms with Gasteiger partial charge >= 0.3 is 0 Å². The largest absolute Gasteiger partial charge is 0.387 e. The van der Waals surface area contributed by atoms with Gasteiger partial charge in [-0.2, -0.15) is 0 Å². The van der Waals surface area contributed by atoms with Gasteiger partial charge in [-0.1, -0.05) is 24.3 Å². The number of carbonyl (C=O) groups is 1. The lowest BCUT2D eigenvalue weighted by Gasteiger charge is -2.22. The smallest absolute Gasteiger partial charge is 0.270 e. The summed E-state index contributed by atoms with van der Waals surface area (Å²) in [6.45, 7) is 5.40. The number of rotatable bonds is 8. The summed E-state index contributed by atoms with van der Waals surface area (Å²) in [5.41, 5.74) is 2.85. The number of nitro groups is 1. The van der Waals surface area contributed by atoms with Crippen LogP contribution in [-0.2, 0) is 13.1 Å². The summed E-state index contributed by atoms with van der Waals surface area (Å²) in [5, 5.41) is 16.8. The number of hydrogen-bond donors (Lipinski definition) is 2. The number of nitrogens with one attached hydrogen (secondary N) is 2. The third kappa shape index (κ3) is 5.27. The first kappa shape index (κ1) is 20.4. The molecular formula is C20H26N4O3. The van der Waals surface area contributed by atoms with Crippen molar-refractivity contribution in [2.45, 2.75) is 33.0 Å². The summed E-state index contributed by atoms with van der Waals surface area (Å²) in [5.74, 6) is -0.352. The van der Waals surface area contributed by atoms with Gasteiger partial charge in [0.2, 0.25) is 0 Å². The molecule has 7 heteroatoms. The van der Waals surface area contributed by atoms with E-state index in [0.717, 1.165) is 17.7 Å². The molecule has 7 nitrogen and oxygen atoms in total. The molecule has 2 aromatic carbocycles. The molecule has 0 unspecified atom stereocenters. The maximum Gasteiger partial charge on any atom is 0.270 e. The zero-order valence-electron chi connectivity index (χ0n) is 16.2. The Labute approximate surface area is 159 Å². The summed E-state index contributed by atoms with van der Waals surface area (Å²) < 4.78 is 0. The van der Waals surface area contributed by atoms with Crippen LogP contribution in [0, 0.1) is 10.1 Å². The highest BCUT2D eigenvalue weighted by atomic mass is 16.6. The normalized spacial score (nSPS) is 10.9. The van der Waals surface area contributed by atoms with Crippen LogP contribution in [0.4, 0.5) is 11.4 Å². The van der Waals surface area contributed by atoms with E-state index in [1.54, 1.807) is 13.1 Å². The van der Waals surface area contributed by atoms with Crippen molar-refractivity contribution in [3.05, 3.63) is 69.3 Å². The number of nitro benzene ring substituents is 1. The number of non-ortho nitro benzene ring substituents is 1. The first-order valence-electron chi connectivity index (χ1n) is 8.85. The summed E-state index contributed by atoms with van der Waals surface area (Å²) >= 11 is 0. The molecule has 27 heavy (non-hydrogen) atoms. The highest BCUT2D eigenvalue weighted by molar-refractivity contribution is 6.00. The standard InChI is InChI=1S/C20H26N4O3/c1-14(2)23(4)13-16-8-6-5-7-15(16)12-22-20(25)18-11-17(24(26)27)9-10-19(18)21-3/h5-11,14,21H,12-13H2,1-4H3,(H,22,25). The van der Waals surface area contributed by atoms with Gasteiger partial charge in [0, 0.05) is 44.0 Å². The number of carbonyl (C=O) groups excluding carboxylic acids is 1. The van der Waals surface area contributed by atoms with Gasteiger partial charge in [0.15, 0.2) is 0 Å². The van der Waals surface area contributed by atoms with E-state index in [4.69, 9.17) is 0 Å². The number of nitrogens with zero attached hydrogens (tertiary/aromatic N) is 2. The Hall–Kier alpha value is -2.93. The van der Waals surface area contributed by atoms with Crippen LogP contribution < -0.4 is 10.6 Å². The van der Waals surface area contributed by atoms with Crippen LogP contribution in [0.3, 0.4) is 0 Å². The first-order valence-corrected chi connectivity index (χ1v) is 8.85. The van der Waals surface area contributed by atoms with Gasteiger partial charge in [0.1, 0.15) is 0 Å². The van der Waals surface area contributed by atoms with Crippen molar-refractivity contribution in [2.75, 3.05) is 19.4 Å². The quantitative estimate of drug-likeness (QED) is 0.549. The summed E-state index contributed by atoms with van der Waals surface area (Å²) in [4.78, 5) is 25.4. The third-order valence-electron chi connectivity index (χ3n) is 4.59. The second kappa shape index (κ2) is 9.14.